The number of benzene rings is 1. The fourth-order valence-corrected chi connectivity index (χ4v) is 4.29. The van der Waals surface area contributed by atoms with E-state index in [0.29, 0.717) is 68.7 Å². The third-order valence-corrected chi connectivity index (χ3v) is 5.86. The van der Waals surface area contributed by atoms with E-state index >= 15 is 0 Å². The van der Waals surface area contributed by atoms with E-state index in [9.17, 15) is 4.79 Å². The van der Waals surface area contributed by atoms with Crippen molar-refractivity contribution in [1.82, 2.24) is 10.2 Å². The van der Waals surface area contributed by atoms with Crippen LogP contribution in [0.3, 0.4) is 0 Å². The third kappa shape index (κ3) is 6.94. The highest BCUT2D eigenvalue weighted by Crippen LogP contribution is 2.31. The van der Waals surface area contributed by atoms with Crippen LogP contribution in [0.2, 0.25) is 0 Å². The minimum absolute atomic E-state index is 0.0368. The smallest absolute Gasteiger partial charge is 0.434 e. The molecule has 5 N–H and O–H groups in total. The Bertz CT molecular complexity index is 1140. The van der Waals surface area contributed by atoms with Gasteiger partial charge in [-0.3, -0.25) is 9.70 Å². The molecule has 0 fully saturated rings. The Hall–Kier alpha value is -3.62. The number of carbonyl (C=O) groups is 1. The van der Waals surface area contributed by atoms with Crippen LogP contribution >= 0.6 is 11.3 Å². The van der Waals surface area contributed by atoms with Crippen LogP contribution in [0.25, 0.3) is 6.08 Å². The summed E-state index contributed by atoms with van der Waals surface area (Å²) in [6.07, 6.45) is 3.72. The highest BCUT2D eigenvalue weighted by Gasteiger charge is 2.21. The van der Waals surface area contributed by atoms with E-state index in [2.05, 4.69) is 26.6 Å². The minimum atomic E-state index is -0.0368. The van der Waals surface area contributed by atoms with Crippen LogP contribution in [-0.2, 0) is 4.79 Å². The molecule has 2 aromatic rings. The van der Waals surface area contributed by atoms with Crippen LogP contribution in [-0.4, -0.2) is 54.9 Å². The fourth-order valence-electron chi connectivity index (χ4n) is 3.50. The maximum atomic E-state index is 13.3. The number of hydrogen-bond acceptors (Lipinski definition) is 7. The van der Waals surface area contributed by atoms with Crippen molar-refractivity contribution in [3.8, 4) is 6.07 Å². The molecule has 9 nitrogen and oxygen atoms in total. The Morgan fingerprint density at radius 1 is 1.41 bits per heavy atom. The molecule has 1 aromatic carbocycles. The number of thiophene rings is 1. The van der Waals surface area contributed by atoms with Crippen molar-refractivity contribution in [3.05, 3.63) is 51.7 Å². The molecule has 0 spiro atoms. The number of carbonyl (C=O) groups excluding carboxylic acids is 1. The lowest BCUT2D eigenvalue weighted by molar-refractivity contribution is -0.127. The summed E-state index contributed by atoms with van der Waals surface area (Å²) in [4.78, 5) is 24.4. The number of nitrogens with one attached hydrogen (secondary N) is 2. The van der Waals surface area contributed by atoms with E-state index in [0.717, 1.165) is 17.0 Å². The first-order valence-electron chi connectivity index (χ1n) is 11.0. The van der Waals surface area contributed by atoms with Gasteiger partial charge in [-0.05, 0) is 48.6 Å². The first kappa shape index (κ1) is 25.0. The molecule has 175 valence electrons. The molecule has 11 heteroatoms. The first-order valence-corrected chi connectivity index (χ1v) is 11.9. The highest BCUT2D eigenvalue weighted by atomic mass is 32.1. The van der Waals surface area contributed by atoms with Crippen molar-refractivity contribution in [2.45, 2.75) is 26.2 Å². The number of amidine groups is 1. The highest BCUT2D eigenvalue weighted by molar-refractivity contribution is 7.11. The largest absolute Gasteiger partial charge is 0.459 e. The van der Waals surface area contributed by atoms with E-state index in [1.54, 1.807) is 24.3 Å². The molecule has 1 radical (unpaired) electrons. The summed E-state index contributed by atoms with van der Waals surface area (Å²) in [6.45, 7) is 3.73. The predicted octanol–water partition coefficient (Wildman–Crippen LogP) is 2.61. The Morgan fingerprint density at radius 2 is 2.26 bits per heavy atom. The van der Waals surface area contributed by atoms with Crippen LogP contribution < -0.4 is 16.4 Å². The second-order valence-electron chi connectivity index (χ2n) is 7.60. The number of aliphatic imine (C=N–C) groups is 1. The molecule has 0 bridgehead atoms. The van der Waals surface area contributed by atoms with Crippen LogP contribution in [0.1, 0.15) is 36.6 Å². The molecule has 1 aliphatic rings. The number of nitriles is 1. The molecule has 0 saturated heterocycles. The lowest BCUT2D eigenvalue weighted by Gasteiger charge is -2.24. The average molecular weight is 476 g/mol. The monoisotopic (exact) mass is 476 g/mol. The number of guanidine groups is 1. The van der Waals surface area contributed by atoms with Gasteiger partial charge in [0.2, 0.25) is 5.91 Å². The second kappa shape index (κ2) is 12.6. The summed E-state index contributed by atoms with van der Waals surface area (Å²) in [5.41, 5.74) is 8.67. The van der Waals surface area contributed by atoms with E-state index in [-0.39, 0.29) is 5.91 Å². The molecule has 34 heavy (non-hydrogen) atoms. The maximum absolute atomic E-state index is 13.3. The molecule has 0 unspecified atom stereocenters. The summed E-state index contributed by atoms with van der Waals surface area (Å²) in [6, 6.07) is 10.9. The van der Waals surface area contributed by atoms with Gasteiger partial charge in [0.05, 0.1) is 22.2 Å². The number of fused-ring (bicyclic) bond motifs is 1. The van der Waals surface area contributed by atoms with E-state index < -0.39 is 0 Å². The molecule has 1 aliphatic heterocycles. The van der Waals surface area contributed by atoms with E-state index in [1.165, 1.54) is 11.3 Å². The molecule has 2 heterocycles. The zero-order valence-corrected chi connectivity index (χ0v) is 19.8. The maximum Gasteiger partial charge on any atom is 0.459 e. The number of anilines is 1. The van der Waals surface area contributed by atoms with Crippen molar-refractivity contribution in [2.24, 2.45) is 15.6 Å². The number of rotatable bonds is 9. The van der Waals surface area contributed by atoms with Crippen LogP contribution in [0.15, 0.2) is 51.2 Å². The standard InChI is InChI=1S/C23H27BN7O2S/c1-2-9-31(22(32)17-13-20-19(7-11-34-20)29-21(26)14-17)10-4-8-27-23(30-24-33)28-18-6-3-5-16(12-18)15-25/h3,5-7,11-13,33H,2,4,8-10,14H2,1H3,(H2,26,29)(H2,27,28,30). The zero-order valence-electron chi connectivity index (χ0n) is 19.0. The number of nitrogens with two attached hydrogens (primary N) is 1. The fraction of sp³-hybridized carbons (Fsp3) is 0.304. The van der Waals surface area contributed by atoms with E-state index in [4.69, 9.17) is 16.0 Å². The Morgan fingerprint density at radius 3 is 3.03 bits per heavy atom. The van der Waals surface area contributed by atoms with Gasteiger partial charge in [0, 0.05) is 37.3 Å². The van der Waals surface area contributed by atoms with Gasteiger partial charge in [-0.15, -0.1) is 11.3 Å². The average Bonchev–Trinajstić information content (AvgIpc) is 3.19. The van der Waals surface area contributed by atoms with Gasteiger partial charge in [-0.25, -0.2) is 4.99 Å². The zero-order chi connectivity index (χ0) is 24.3. The van der Waals surface area contributed by atoms with Gasteiger partial charge in [0.1, 0.15) is 5.84 Å². The normalized spacial score (nSPS) is 13.0. The SMILES string of the molecule is CCCN(CCCNC(=N[B]O)Nc1cccc(C#N)c1)C(=O)C1=Cc2sccc2N=C(N)C1. The van der Waals surface area contributed by atoms with Crippen molar-refractivity contribution < 1.29 is 9.82 Å². The molecule has 1 aromatic heterocycles. The third-order valence-electron chi connectivity index (χ3n) is 5.01. The number of hydrogen-bond donors (Lipinski definition) is 4. The van der Waals surface area contributed by atoms with Crippen molar-refractivity contribution in [1.29, 1.82) is 5.26 Å². The lowest BCUT2D eigenvalue weighted by atomic mass is 10.1. The number of nitrogens with zero attached hydrogens (tertiary/aromatic N) is 4. The molecule has 0 aliphatic carbocycles. The van der Waals surface area contributed by atoms with Gasteiger partial charge in [0.25, 0.3) is 0 Å². The first-order chi connectivity index (χ1) is 16.5. The van der Waals surface area contributed by atoms with Crippen LogP contribution in [0.4, 0.5) is 11.4 Å². The Balaban J connectivity index is 1.58. The molecule has 0 saturated carbocycles. The summed E-state index contributed by atoms with van der Waals surface area (Å²) >= 11 is 1.54. The van der Waals surface area contributed by atoms with Crippen molar-refractivity contribution in [3.63, 3.8) is 0 Å². The topological polar surface area (TPSA) is 139 Å². The van der Waals surface area contributed by atoms with Gasteiger partial charge in [-0.2, -0.15) is 5.26 Å². The minimum Gasteiger partial charge on any atom is -0.434 e. The molecule has 1 amide bonds. The molecule has 0 atom stereocenters. The van der Waals surface area contributed by atoms with Gasteiger partial charge in [-0.1, -0.05) is 13.0 Å². The summed E-state index contributed by atoms with van der Waals surface area (Å²) < 4.78 is 0. The van der Waals surface area contributed by atoms with Crippen LogP contribution in [0.5, 0.6) is 0 Å². The number of amides is 1. The van der Waals surface area contributed by atoms with Crippen LogP contribution in [0, 0.1) is 11.3 Å². The van der Waals surface area contributed by atoms with Gasteiger partial charge >= 0.3 is 7.62 Å². The van der Waals surface area contributed by atoms with Crippen molar-refractivity contribution >= 4 is 54.1 Å². The van der Waals surface area contributed by atoms with Gasteiger partial charge in [0.15, 0.2) is 5.96 Å². The predicted molar refractivity (Wildman–Crippen MR) is 138 cm³/mol. The summed E-state index contributed by atoms with van der Waals surface area (Å²) in [7, 11) is 0.694. The quantitative estimate of drug-likeness (QED) is 0.190. The Labute approximate surface area is 204 Å². The Kier molecular flexibility index (Phi) is 9.25. The van der Waals surface area contributed by atoms with E-state index in [1.807, 2.05) is 29.3 Å². The lowest BCUT2D eigenvalue weighted by Crippen LogP contribution is -2.37. The molecular formula is C23H27BN7O2S. The second-order valence-corrected chi connectivity index (χ2v) is 8.55. The molecular weight excluding hydrogens is 449 g/mol. The van der Waals surface area contributed by atoms with Crippen molar-refractivity contribution in [2.75, 3.05) is 25.0 Å². The molecule has 3 rings (SSSR count). The summed E-state index contributed by atoms with van der Waals surface area (Å²) in [5, 5.41) is 26.3. The summed E-state index contributed by atoms with van der Waals surface area (Å²) in [5.74, 6) is 0.736. The van der Waals surface area contributed by atoms with Gasteiger partial charge < -0.3 is 26.3 Å².